The van der Waals surface area contributed by atoms with Gasteiger partial charge in [0, 0.05) is 0 Å². The van der Waals surface area contributed by atoms with Crippen LogP contribution in [0.2, 0.25) is 0 Å². The Bertz CT molecular complexity index is 968. The second-order valence-corrected chi connectivity index (χ2v) is 16.7. The number of fused-ring (bicyclic) bond motifs is 2. The first-order valence-corrected chi connectivity index (χ1v) is 14.6. The van der Waals surface area contributed by atoms with Crippen LogP contribution in [-0.4, -0.2) is 18.8 Å². The number of hydrogen-bond donors (Lipinski definition) is 0. The highest BCUT2D eigenvalue weighted by Crippen LogP contribution is 2.53. The standard InChI is InChI=1S/C30H46NO2PS/c1-27(2,3)19-29(7,8)21-13-15-23-25(17-21)35-26-18-22(30(9,10)20-28(4,5)6)14-16-24(26)33-34(32-23)31(11)12/h13-18H,19-20H2,1-12H3. The fraction of sp³-hybridized carbons (Fsp3) is 0.600. The van der Waals surface area contributed by atoms with Gasteiger partial charge in [-0.05, 0) is 84.0 Å². The molecule has 194 valence electrons. The third-order valence-electron chi connectivity index (χ3n) is 6.29. The van der Waals surface area contributed by atoms with E-state index in [1.165, 1.54) is 11.1 Å². The SMILES string of the molecule is CN(C)P1Oc2ccc(C(C)(C)CC(C)(C)C)cc2Sc2cc(C(C)(C)CC(C)(C)C)ccc2O1. The van der Waals surface area contributed by atoms with Crippen LogP contribution in [-0.2, 0) is 10.8 Å². The average molecular weight is 516 g/mol. The Morgan fingerprint density at radius 2 is 1.03 bits per heavy atom. The number of hydrogen-bond acceptors (Lipinski definition) is 4. The summed E-state index contributed by atoms with van der Waals surface area (Å²) < 4.78 is 14.9. The first kappa shape index (κ1) is 28.4. The summed E-state index contributed by atoms with van der Waals surface area (Å²) in [5.41, 5.74) is 3.35. The van der Waals surface area contributed by atoms with Gasteiger partial charge >= 0.3 is 8.53 Å². The van der Waals surface area contributed by atoms with Gasteiger partial charge in [0.2, 0.25) is 0 Å². The summed E-state index contributed by atoms with van der Waals surface area (Å²) in [6.07, 6.45) is 2.22. The molecule has 0 atom stereocenters. The highest BCUT2D eigenvalue weighted by Gasteiger charge is 2.32. The highest BCUT2D eigenvalue weighted by molar-refractivity contribution is 7.99. The molecule has 2 aromatic rings. The Hall–Kier alpha value is -1.22. The number of rotatable bonds is 5. The van der Waals surface area contributed by atoms with Crippen LogP contribution in [0.3, 0.4) is 0 Å². The zero-order valence-electron chi connectivity index (χ0n) is 24.0. The Morgan fingerprint density at radius 3 is 1.34 bits per heavy atom. The van der Waals surface area contributed by atoms with Crippen molar-refractivity contribution in [3.8, 4) is 11.5 Å². The van der Waals surface area contributed by atoms with Crippen molar-refractivity contribution < 1.29 is 9.05 Å². The highest BCUT2D eigenvalue weighted by atomic mass is 32.2. The van der Waals surface area contributed by atoms with Crippen LogP contribution in [0.25, 0.3) is 0 Å². The van der Waals surface area contributed by atoms with Gasteiger partial charge in [-0.3, -0.25) is 0 Å². The summed E-state index contributed by atoms with van der Waals surface area (Å²) in [6, 6.07) is 13.4. The predicted octanol–water partition coefficient (Wildman–Crippen LogP) is 9.83. The Morgan fingerprint density at radius 1 is 0.657 bits per heavy atom. The lowest BCUT2D eigenvalue weighted by Crippen LogP contribution is -2.25. The molecule has 3 rings (SSSR count). The van der Waals surface area contributed by atoms with E-state index in [2.05, 4.69) is 106 Å². The largest absolute Gasteiger partial charge is 0.426 e. The lowest BCUT2D eigenvalue weighted by atomic mass is 9.72. The third kappa shape index (κ3) is 7.40. The minimum Gasteiger partial charge on any atom is -0.426 e. The van der Waals surface area contributed by atoms with Crippen molar-refractivity contribution in [2.24, 2.45) is 10.8 Å². The molecule has 1 heterocycles. The molecule has 1 aliphatic rings. The first-order chi connectivity index (χ1) is 15.9. The van der Waals surface area contributed by atoms with E-state index in [9.17, 15) is 0 Å². The lowest BCUT2D eigenvalue weighted by Gasteiger charge is -2.35. The molecule has 0 amide bonds. The fourth-order valence-electron chi connectivity index (χ4n) is 5.49. The van der Waals surface area contributed by atoms with Crippen molar-refractivity contribution in [1.82, 2.24) is 4.67 Å². The molecular weight excluding hydrogens is 469 g/mol. The number of nitrogens with zero attached hydrogens (tertiary/aromatic N) is 1. The van der Waals surface area contributed by atoms with Gasteiger partial charge in [-0.25, -0.2) is 4.67 Å². The molecule has 35 heavy (non-hydrogen) atoms. The van der Waals surface area contributed by atoms with Gasteiger partial charge in [0.05, 0.1) is 9.79 Å². The van der Waals surface area contributed by atoms with Crippen LogP contribution >= 0.6 is 20.3 Å². The zero-order chi connectivity index (χ0) is 26.4. The molecule has 0 saturated heterocycles. The molecular formula is C30H46NO2PS. The summed E-state index contributed by atoms with van der Waals surface area (Å²) in [4.78, 5) is 2.32. The van der Waals surface area contributed by atoms with Crippen molar-refractivity contribution >= 4 is 20.3 Å². The van der Waals surface area contributed by atoms with Gasteiger partial charge in [0.25, 0.3) is 0 Å². The minimum absolute atomic E-state index is 0.0678. The van der Waals surface area contributed by atoms with Gasteiger partial charge in [0.15, 0.2) is 0 Å². The summed E-state index contributed by atoms with van der Waals surface area (Å²) in [5.74, 6) is 1.80. The average Bonchev–Trinajstić information content (AvgIpc) is 2.63. The van der Waals surface area contributed by atoms with E-state index in [4.69, 9.17) is 9.05 Å². The molecule has 0 bridgehead atoms. The Labute approximate surface area is 220 Å². The van der Waals surface area contributed by atoms with Crippen LogP contribution in [0.1, 0.15) is 93.2 Å². The molecule has 0 N–H and O–H groups in total. The summed E-state index contributed by atoms with van der Waals surface area (Å²) in [7, 11) is 2.78. The molecule has 2 aromatic carbocycles. The molecule has 0 aromatic heterocycles. The van der Waals surface area contributed by atoms with Gasteiger partial charge in [-0.1, -0.05) is 93.1 Å². The van der Waals surface area contributed by atoms with Crippen molar-refractivity contribution in [3.63, 3.8) is 0 Å². The van der Waals surface area contributed by atoms with Gasteiger partial charge in [0.1, 0.15) is 11.5 Å². The van der Waals surface area contributed by atoms with Crippen LogP contribution < -0.4 is 9.05 Å². The van der Waals surface area contributed by atoms with E-state index < -0.39 is 8.53 Å². The Balaban J connectivity index is 2.08. The topological polar surface area (TPSA) is 21.7 Å². The minimum atomic E-state index is -1.25. The van der Waals surface area contributed by atoms with Crippen molar-refractivity contribution in [2.75, 3.05) is 14.1 Å². The van der Waals surface area contributed by atoms with E-state index in [0.717, 1.165) is 34.1 Å². The second-order valence-electron chi connectivity index (χ2n) is 13.9. The Kier molecular flexibility index (Phi) is 8.03. The summed E-state index contributed by atoms with van der Waals surface area (Å²) >= 11 is 1.77. The van der Waals surface area contributed by atoms with Crippen LogP contribution in [0.15, 0.2) is 46.2 Å². The number of benzene rings is 2. The molecule has 0 spiro atoms. The molecule has 3 nitrogen and oxygen atoms in total. The van der Waals surface area contributed by atoms with E-state index >= 15 is 0 Å². The molecule has 0 radical (unpaired) electrons. The van der Waals surface area contributed by atoms with E-state index in [-0.39, 0.29) is 21.7 Å². The van der Waals surface area contributed by atoms with Crippen molar-refractivity contribution in [2.45, 2.75) is 103 Å². The van der Waals surface area contributed by atoms with E-state index in [1.807, 2.05) is 18.8 Å². The molecule has 1 aliphatic heterocycles. The smallest absolute Gasteiger partial charge is 0.384 e. The normalized spacial score (nSPS) is 15.6. The summed E-state index contributed by atoms with van der Waals surface area (Å²) in [6.45, 7) is 23.3. The lowest BCUT2D eigenvalue weighted by molar-refractivity contribution is 0.283. The monoisotopic (exact) mass is 515 g/mol. The van der Waals surface area contributed by atoms with E-state index in [0.29, 0.717) is 0 Å². The second kappa shape index (κ2) is 9.92. The molecule has 0 fully saturated rings. The van der Waals surface area contributed by atoms with Crippen LogP contribution in [0, 0.1) is 10.8 Å². The molecule has 0 unspecified atom stereocenters. The van der Waals surface area contributed by atoms with Crippen molar-refractivity contribution in [1.29, 1.82) is 0 Å². The maximum absolute atomic E-state index is 6.43. The predicted molar refractivity (Wildman–Crippen MR) is 153 cm³/mol. The maximum atomic E-state index is 6.43. The first-order valence-electron chi connectivity index (χ1n) is 12.7. The van der Waals surface area contributed by atoms with E-state index in [1.54, 1.807) is 11.8 Å². The molecule has 5 heteroatoms. The van der Waals surface area contributed by atoms with Gasteiger partial charge in [-0.2, -0.15) is 0 Å². The van der Waals surface area contributed by atoms with Crippen LogP contribution in [0.4, 0.5) is 0 Å². The third-order valence-corrected chi connectivity index (χ3v) is 8.73. The summed E-state index contributed by atoms with van der Waals surface area (Å²) in [5, 5.41) is 0. The molecule has 0 saturated carbocycles. The van der Waals surface area contributed by atoms with Gasteiger partial charge < -0.3 is 9.05 Å². The zero-order valence-corrected chi connectivity index (χ0v) is 25.7. The molecule has 0 aliphatic carbocycles. The van der Waals surface area contributed by atoms with Crippen LogP contribution in [0.5, 0.6) is 11.5 Å². The quantitative estimate of drug-likeness (QED) is 0.369. The maximum Gasteiger partial charge on any atom is 0.384 e. The van der Waals surface area contributed by atoms with Crippen molar-refractivity contribution in [3.05, 3.63) is 47.5 Å². The van der Waals surface area contributed by atoms with Gasteiger partial charge in [-0.15, -0.1) is 0 Å². The fourth-order valence-corrected chi connectivity index (χ4v) is 7.66.